The van der Waals surface area contributed by atoms with Gasteiger partial charge in [0.05, 0.1) is 11.5 Å². The molecular weight excluding hydrogens is 338 g/mol. The summed E-state index contributed by atoms with van der Waals surface area (Å²) < 4.78 is 23.2. The average molecular weight is 357 g/mol. The normalized spacial score (nSPS) is 21.1. The maximum atomic E-state index is 12.8. The lowest BCUT2D eigenvalue weighted by Gasteiger charge is -2.18. The minimum atomic E-state index is -2.94. The quantitative estimate of drug-likeness (QED) is 0.907. The molecule has 4 rings (SSSR count). The van der Waals surface area contributed by atoms with Crippen molar-refractivity contribution in [2.75, 3.05) is 28.3 Å². The first-order valence-corrected chi connectivity index (χ1v) is 10.2. The molecule has 1 saturated heterocycles. The second-order valence-corrected chi connectivity index (χ2v) is 8.74. The van der Waals surface area contributed by atoms with Crippen LogP contribution < -0.4 is 10.2 Å². The van der Waals surface area contributed by atoms with Gasteiger partial charge in [0.25, 0.3) is 5.91 Å². The summed E-state index contributed by atoms with van der Waals surface area (Å²) in [7, 11) is -2.94. The van der Waals surface area contributed by atoms with Crippen LogP contribution in [0, 0.1) is 0 Å². The Kier molecular flexibility index (Phi) is 3.95. The second kappa shape index (κ2) is 6.15. The van der Waals surface area contributed by atoms with Crippen LogP contribution in [0.2, 0.25) is 0 Å². The van der Waals surface area contributed by atoms with Crippen LogP contribution in [0.25, 0.3) is 0 Å². The number of hydrogen-bond acceptors (Lipinski definition) is 5. The third-order valence-electron chi connectivity index (χ3n) is 4.71. The van der Waals surface area contributed by atoms with E-state index in [0.29, 0.717) is 18.7 Å². The number of para-hydroxylation sites is 1. The molecule has 1 aromatic carbocycles. The molecule has 2 aliphatic rings. The van der Waals surface area contributed by atoms with Crippen molar-refractivity contribution in [2.45, 2.75) is 18.9 Å². The number of nitrogens with zero attached hydrogens (tertiary/aromatic N) is 2. The zero-order chi connectivity index (χ0) is 17.4. The van der Waals surface area contributed by atoms with E-state index in [4.69, 9.17) is 0 Å². The minimum absolute atomic E-state index is 0.108. The number of pyridine rings is 1. The summed E-state index contributed by atoms with van der Waals surface area (Å²) in [6.45, 7) is 0.651. The van der Waals surface area contributed by atoms with Gasteiger partial charge in [0, 0.05) is 30.2 Å². The molecule has 0 saturated carbocycles. The maximum Gasteiger partial charge on any atom is 0.276 e. The Morgan fingerprint density at radius 2 is 2.08 bits per heavy atom. The topological polar surface area (TPSA) is 79.4 Å². The number of rotatable bonds is 3. The van der Waals surface area contributed by atoms with Crippen molar-refractivity contribution >= 4 is 27.1 Å². The molecule has 1 atom stereocenters. The fourth-order valence-electron chi connectivity index (χ4n) is 3.47. The van der Waals surface area contributed by atoms with Crippen molar-refractivity contribution in [3.63, 3.8) is 0 Å². The Hall–Kier alpha value is -2.41. The molecule has 0 radical (unpaired) electrons. The molecule has 1 unspecified atom stereocenters. The first kappa shape index (κ1) is 16.1. The van der Waals surface area contributed by atoms with Gasteiger partial charge in [-0.05, 0) is 36.6 Å². The van der Waals surface area contributed by atoms with Gasteiger partial charge in [-0.15, -0.1) is 0 Å². The zero-order valence-corrected chi connectivity index (χ0v) is 14.5. The first-order valence-electron chi connectivity index (χ1n) is 8.35. The summed E-state index contributed by atoms with van der Waals surface area (Å²) in [5.74, 6) is 0.220. The smallest absolute Gasteiger partial charge is 0.276 e. The molecule has 3 heterocycles. The predicted octanol–water partition coefficient (Wildman–Crippen LogP) is 1.88. The SMILES string of the molecule is O=C(c1cc(NC2CCS(=O)(=O)C2)ccn1)N1CCc2ccccc21. The van der Waals surface area contributed by atoms with Gasteiger partial charge in [0.2, 0.25) is 0 Å². The van der Waals surface area contributed by atoms with E-state index in [-0.39, 0.29) is 23.5 Å². The van der Waals surface area contributed by atoms with Gasteiger partial charge >= 0.3 is 0 Å². The van der Waals surface area contributed by atoms with E-state index < -0.39 is 9.84 Å². The number of aromatic nitrogens is 1. The molecule has 1 fully saturated rings. The molecule has 6 nitrogen and oxygen atoms in total. The molecule has 0 bridgehead atoms. The number of carbonyl (C=O) groups excluding carboxylic acids is 1. The number of hydrogen-bond donors (Lipinski definition) is 1. The number of amides is 1. The van der Waals surface area contributed by atoms with Gasteiger partial charge in [-0.1, -0.05) is 18.2 Å². The summed E-state index contributed by atoms with van der Waals surface area (Å²) in [6, 6.07) is 11.2. The highest BCUT2D eigenvalue weighted by molar-refractivity contribution is 7.91. The van der Waals surface area contributed by atoms with Gasteiger partial charge in [-0.2, -0.15) is 0 Å². The Labute approximate surface area is 146 Å². The lowest BCUT2D eigenvalue weighted by Crippen LogP contribution is -2.29. The van der Waals surface area contributed by atoms with Crippen molar-refractivity contribution in [1.82, 2.24) is 4.98 Å². The third-order valence-corrected chi connectivity index (χ3v) is 6.48. The highest BCUT2D eigenvalue weighted by atomic mass is 32.2. The van der Waals surface area contributed by atoms with Crippen molar-refractivity contribution in [2.24, 2.45) is 0 Å². The molecule has 1 aromatic heterocycles. The molecule has 2 aliphatic heterocycles. The Morgan fingerprint density at radius 3 is 2.88 bits per heavy atom. The zero-order valence-electron chi connectivity index (χ0n) is 13.7. The van der Waals surface area contributed by atoms with Crippen LogP contribution in [0.4, 0.5) is 11.4 Å². The van der Waals surface area contributed by atoms with Gasteiger partial charge in [0.1, 0.15) is 5.69 Å². The van der Waals surface area contributed by atoms with E-state index in [0.717, 1.165) is 17.8 Å². The largest absolute Gasteiger partial charge is 0.381 e. The van der Waals surface area contributed by atoms with E-state index in [9.17, 15) is 13.2 Å². The molecule has 2 aromatic rings. The van der Waals surface area contributed by atoms with Crippen LogP contribution >= 0.6 is 0 Å². The van der Waals surface area contributed by atoms with Crippen molar-refractivity contribution in [3.8, 4) is 0 Å². The highest BCUT2D eigenvalue weighted by Gasteiger charge is 2.29. The predicted molar refractivity (Wildman–Crippen MR) is 96.7 cm³/mol. The maximum absolute atomic E-state index is 12.8. The number of benzene rings is 1. The monoisotopic (exact) mass is 357 g/mol. The molecule has 0 spiro atoms. The van der Waals surface area contributed by atoms with Gasteiger partial charge in [-0.25, -0.2) is 8.42 Å². The average Bonchev–Trinajstić information content (AvgIpc) is 3.17. The van der Waals surface area contributed by atoms with Crippen LogP contribution in [0.1, 0.15) is 22.5 Å². The lowest BCUT2D eigenvalue weighted by atomic mass is 10.2. The van der Waals surface area contributed by atoms with Crippen LogP contribution in [0.3, 0.4) is 0 Å². The number of carbonyl (C=O) groups is 1. The summed E-state index contributed by atoms with van der Waals surface area (Å²) in [5, 5.41) is 3.21. The van der Waals surface area contributed by atoms with E-state index in [1.54, 1.807) is 23.2 Å². The highest BCUT2D eigenvalue weighted by Crippen LogP contribution is 2.29. The van der Waals surface area contributed by atoms with Crippen molar-refractivity contribution < 1.29 is 13.2 Å². The molecule has 0 aliphatic carbocycles. The lowest BCUT2D eigenvalue weighted by molar-refractivity contribution is 0.0984. The van der Waals surface area contributed by atoms with E-state index >= 15 is 0 Å². The van der Waals surface area contributed by atoms with Gasteiger partial charge in [0.15, 0.2) is 9.84 Å². The molecule has 25 heavy (non-hydrogen) atoms. The summed E-state index contributed by atoms with van der Waals surface area (Å²) in [4.78, 5) is 18.8. The summed E-state index contributed by atoms with van der Waals surface area (Å²) in [5.41, 5.74) is 3.20. The third kappa shape index (κ3) is 3.24. The van der Waals surface area contributed by atoms with E-state index in [1.165, 1.54) is 5.56 Å². The van der Waals surface area contributed by atoms with Gasteiger partial charge in [-0.3, -0.25) is 9.78 Å². The molecule has 7 heteroatoms. The van der Waals surface area contributed by atoms with Crippen molar-refractivity contribution in [3.05, 3.63) is 53.9 Å². The molecule has 1 amide bonds. The van der Waals surface area contributed by atoms with Crippen molar-refractivity contribution in [1.29, 1.82) is 0 Å². The van der Waals surface area contributed by atoms with Gasteiger partial charge < -0.3 is 10.2 Å². The molecule has 130 valence electrons. The van der Waals surface area contributed by atoms with E-state index in [1.807, 2.05) is 24.3 Å². The fraction of sp³-hybridized carbons (Fsp3) is 0.333. The molecule has 1 N–H and O–H groups in total. The Bertz CT molecular complexity index is 927. The Morgan fingerprint density at radius 1 is 1.24 bits per heavy atom. The Balaban J connectivity index is 1.53. The number of anilines is 2. The number of sulfone groups is 1. The minimum Gasteiger partial charge on any atom is -0.381 e. The first-order chi connectivity index (χ1) is 12.0. The van der Waals surface area contributed by atoms with Crippen LogP contribution in [-0.2, 0) is 16.3 Å². The standard InChI is InChI=1S/C18H19N3O3S/c22-18(21-9-6-13-3-1-2-4-17(13)21)16-11-14(5-8-19-16)20-15-7-10-25(23,24)12-15/h1-5,8,11,15H,6-7,9-10,12H2,(H,19,20). The van der Waals surface area contributed by atoms with E-state index in [2.05, 4.69) is 10.3 Å². The molecular formula is C18H19N3O3S. The summed E-state index contributed by atoms with van der Waals surface area (Å²) >= 11 is 0. The van der Waals surface area contributed by atoms with Crippen LogP contribution in [-0.4, -0.2) is 43.4 Å². The second-order valence-electron chi connectivity index (χ2n) is 6.51. The fourth-order valence-corrected chi connectivity index (χ4v) is 5.14. The summed E-state index contributed by atoms with van der Waals surface area (Å²) in [6.07, 6.45) is 3.02. The van der Waals surface area contributed by atoms with Crippen LogP contribution in [0.5, 0.6) is 0 Å². The van der Waals surface area contributed by atoms with Crippen LogP contribution in [0.15, 0.2) is 42.6 Å². The number of nitrogens with one attached hydrogen (secondary N) is 1. The number of fused-ring (bicyclic) bond motifs is 1.